The van der Waals surface area contributed by atoms with Crippen molar-refractivity contribution in [3.63, 3.8) is 0 Å². The number of sulfonamides is 1. The van der Waals surface area contributed by atoms with E-state index in [-0.39, 0.29) is 23.4 Å². The molecule has 8 heteroatoms. The summed E-state index contributed by atoms with van der Waals surface area (Å²) >= 11 is 0. The zero-order valence-electron chi connectivity index (χ0n) is 20.0. The van der Waals surface area contributed by atoms with Crippen molar-refractivity contribution in [3.05, 3.63) is 60.2 Å². The molecular formula is C27H31N3O4S. The molecular weight excluding hydrogens is 462 g/mol. The first-order chi connectivity index (χ1) is 16.5. The summed E-state index contributed by atoms with van der Waals surface area (Å²) in [5.74, 6) is 0.454. The van der Waals surface area contributed by atoms with E-state index in [1.807, 2.05) is 54.6 Å². The Morgan fingerprint density at radius 3 is 2.37 bits per heavy atom. The van der Waals surface area contributed by atoms with Crippen LogP contribution in [-0.2, 0) is 19.6 Å². The normalized spacial score (nSPS) is 35.8. The van der Waals surface area contributed by atoms with Gasteiger partial charge in [0, 0.05) is 5.54 Å². The fraction of sp³-hybridized carbons (Fsp3) is 0.481. The van der Waals surface area contributed by atoms with Gasteiger partial charge in [-0.1, -0.05) is 54.6 Å². The van der Waals surface area contributed by atoms with Crippen molar-refractivity contribution in [2.45, 2.75) is 62.3 Å². The van der Waals surface area contributed by atoms with Gasteiger partial charge in [-0.25, -0.2) is 8.42 Å². The Balaban J connectivity index is 1.29. The lowest BCUT2D eigenvalue weighted by molar-refractivity contribution is -0.130. The maximum atomic E-state index is 13.5. The third-order valence-corrected chi connectivity index (χ3v) is 10.6. The highest BCUT2D eigenvalue weighted by Gasteiger charge is 2.67. The van der Waals surface area contributed by atoms with Gasteiger partial charge in [-0.15, -0.1) is 4.40 Å². The van der Waals surface area contributed by atoms with E-state index in [1.54, 1.807) is 13.8 Å². The second-order valence-electron chi connectivity index (χ2n) is 11.5. The smallest absolute Gasteiger partial charge is 0.301 e. The number of amides is 1. The van der Waals surface area contributed by atoms with E-state index in [0.717, 1.165) is 36.8 Å². The molecule has 1 heterocycles. The molecule has 35 heavy (non-hydrogen) atoms. The molecule has 7 nitrogen and oxygen atoms in total. The predicted octanol–water partition coefficient (Wildman–Crippen LogP) is 3.91. The van der Waals surface area contributed by atoms with Crippen molar-refractivity contribution in [2.75, 3.05) is 0 Å². The van der Waals surface area contributed by atoms with Gasteiger partial charge in [0.15, 0.2) is 0 Å². The number of hydrogen-bond donors (Lipinski definition) is 2. The molecule has 4 aliphatic carbocycles. The molecule has 2 aromatic rings. The SMILES string of the molecule is CC1(C)OC(NC23CC4CC2CC(C(N)=O)(C4)C3)=NS(=O)(=O)[C@@H]1c1ccc(-c2ccccc2)cc1. The minimum Gasteiger partial charge on any atom is -0.457 e. The molecule has 0 radical (unpaired) electrons. The Morgan fingerprint density at radius 1 is 1.03 bits per heavy atom. The number of nitrogens with zero attached hydrogens (tertiary/aromatic N) is 1. The van der Waals surface area contributed by atoms with Crippen molar-refractivity contribution in [3.8, 4) is 11.1 Å². The van der Waals surface area contributed by atoms with Gasteiger partial charge in [-0.3, -0.25) is 4.79 Å². The van der Waals surface area contributed by atoms with E-state index in [2.05, 4.69) is 9.71 Å². The maximum Gasteiger partial charge on any atom is 0.301 e. The first-order valence-corrected chi connectivity index (χ1v) is 13.8. The van der Waals surface area contributed by atoms with Crippen LogP contribution in [0.3, 0.4) is 0 Å². The number of carbonyl (C=O) groups is 1. The average Bonchev–Trinajstić information content (AvgIpc) is 3.14. The van der Waals surface area contributed by atoms with Gasteiger partial charge < -0.3 is 15.8 Å². The van der Waals surface area contributed by atoms with E-state index in [9.17, 15) is 13.2 Å². The highest BCUT2D eigenvalue weighted by atomic mass is 32.2. The summed E-state index contributed by atoms with van der Waals surface area (Å²) in [6.07, 6.45) is 4.12. The van der Waals surface area contributed by atoms with Crippen LogP contribution in [0.15, 0.2) is 59.0 Å². The van der Waals surface area contributed by atoms with Gasteiger partial charge in [-0.2, -0.15) is 0 Å². The highest BCUT2D eigenvalue weighted by Crippen LogP contribution is 2.66. The van der Waals surface area contributed by atoms with Crippen molar-refractivity contribution >= 4 is 22.0 Å². The molecule has 0 aromatic heterocycles. The topological polar surface area (TPSA) is 111 Å². The molecule has 3 N–H and O–H groups in total. The molecule has 0 spiro atoms. The summed E-state index contributed by atoms with van der Waals surface area (Å²) in [4.78, 5) is 12.3. The van der Waals surface area contributed by atoms with Crippen LogP contribution >= 0.6 is 0 Å². The molecule has 5 aliphatic rings. The Morgan fingerprint density at radius 2 is 1.71 bits per heavy atom. The van der Waals surface area contributed by atoms with Crippen LogP contribution < -0.4 is 11.1 Å². The molecule has 2 aromatic carbocycles. The predicted molar refractivity (Wildman–Crippen MR) is 134 cm³/mol. The molecule has 184 valence electrons. The number of ether oxygens (including phenoxy) is 1. The summed E-state index contributed by atoms with van der Waals surface area (Å²) in [6, 6.07) is 17.6. The number of nitrogens with one attached hydrogen (secondary N) is 1. The number of rotatable bonds is 4. The van der Waals surface area contributed by atoms with E-state index >= 15 is 0 Å². The second kappa shape index (κ2) is 7.32. The Bertz CT molecular complexity index is 1320. The van der Waals surface area contributed by atoms with E-state index < -0.39 is 26.3 Å². The van der Waals surface area contributed by atoms with E-state index in [0.29, 0.717) is 17.9 Å². The minimum absolute atomic E-state index is 0.0416. The highest BCUT2D eigenvalue weighted by molar-refractivity contribution is 7.90. The quantitative estimate of drug-likeness (QED) is 0.671. The van der Waals surface area contributed by atoms with Gasteiger partial charge in [0.05, 0.1) is 5.41 Å². The number of primary amides is 1. The number of carbonyl (C=O) groups excluding carboxylic acids is 1. The fourth-order valence-corrected chi connectivity index (χ4v) is 9.23. The molecule has 4 fully saturated rings. The third-order valence-electron chi connectivity index (χ3n) is 8.72. The summed E-state index contributed by atoms with van der Waals surface area (Å²) < 4.78 is 37.3. The molecule has 7 rings (SSSR count). The molecule has 4 saturated carbocycles. The summed E-state index contributed by atoms with van der Waals surface area (Å²) in [5, 5.41) is 2.45. The summed E-state index contributed by atoms with van der Waals surface area (Å²) in [5.41, 5.74) is 6.62. The fourth-order valence-electron chi connectivity index (χ4n) is 7.55. The van der Waals surface area contributed by atoms with E-state index in [1.165, 1.54) is 0 Å². The Kier molecular flexibility index (Phi) is 4.72. The first-order valence-electron chi connectivity index (χ1n) is 12.3. The van der Waals surface area contributed by atoms with Gasteiger partial charge in [-0.05, 0) is 74.5 Å². The van der Waals surface area contributed by atoms with Crippen molar-refractivity contribution < 1.29 is 17.9 Å². The zero-order valence-corrected chi connectivity index (χ0v) is 20.8. The molecule has 1 amide bonds. The monoisotopic (exact) mass is 493 g/mol. The lowest BCUT2D eigenvalue weighted by Gasteiger charge is -2.42. The van der Waals surface area contributed by atoms with Crippen LogP contribution in [0.5, 0.6) is 0 Å². The third kappa shape index (κ3) is 3.48. The van der Waals surface area contributed by atoms with Gasteiger partial charge in [0.2, 0.25) is 5.91 Å². The van der Waals surface area contributed by atoms with Crippen molar-refractivity contribution in [2.24, 2.45) is 27.4 Å². The molecule has 4 unspecified atom stereocenters. The van der Waals surface area contributed by atoms with Gasteiger partial charge >= 0.3 is 6.02 Å². The van der Waals surface area contributed by atoms with Crippen molar-refractivity contribution in [1.29, 1.82) is 0 Å². The minimum atomic E-state index is -3.91. The lowest BCUT2D eigenvalue weighted by atomic mass is 9.68. The van der Waals surface area contributed by atoms with E-state index in [4.69, 9.17) is 10.5 Å². The number of hydrogen-bond acceptors (Lipinski definition) is 5. The maximum absolute atomic E-state index is 13.5. The summed E-state index contributed by atoms with van der Waals surface area (Å²) in [6.45, 7) is 3.58. The Hall–Kier alpha value is -2.87. The van der Waals surface area contributed by atoms with Gasteiger partial charge in [0.1, 0.15) is 10.9 Å². The van der Waals surface area contributed by atoms with Crippen molar-refractivity contribution in [1.82, 2.24) is 5.32 Å². The second-order valence-corrected chi connectivity index (χ2v) is 13.2. The van der Waals surface area contributed by atoms with Crippen LogP contribution in [0.25, 0.3) is 11.1 Å². The lowest BCUT2D eigenvalue weighted by Crippen LogP contribution is -2.56. The van der Waals surface area contributed by atoms with Crippen LogP contribution in [0.4, 0.5) is 0 Å². The largest absolute Gasteiger partial charge is 0.457 e. The molecule has 1 aliphatic heterocycles. The number of nitrogens with two attached hydrogens (primary N) is 1. The van der Waals surface area contributed by atoms with Gasteiger partial charge in [0.25, 0.3) is 10.0 Å². The van der Waals surface area contributed by atoms with Crippen LogP contribution in [0, 0.1) is 17.3 Å². The van der Waals surface area contributed by atoms with Crippen LogP contribution in [0.1, 0.15) is 56.8 Å². The first kappa shape index (κ1) is 22.6. The van der Waals surface area contributed by atoms with Crippen LogP contribution in [0.2, 0.25) is 0 Å². The number of benzene rings is 2. The average molecular weight is 494 g/mol. The molecule has 4 bridgehead atoms. The zero-order chi connectivity index (χ0) is 24.6. The Labute approximate surface area is 206 Å². The standard InChI is InChI=1S/C27H31N3O4S/c1-25(2)22(20-10-8-19(9-11-20)18-6-4-3-5-7-18)35(32,33)30-24(34-25)29-27-14-17-12-21(27)15-26(13-17,16-27)23(28)31/h3-11,17,21-22H,12-16H2,1-2H3,(H2,28,31)(H,29,30)/t17?,21?,22-,26?,27?/m1/s1. The number of amidine groups is 1. The molecule has 0 saturated heterocycles. The van der Waals surface area contributed by atoms with Crippen LogP contribution in [-0.4, -0.2) is 31.5 Å². The molecule has 5 atom stereocenters. The summed E-state index contributed by atoms with van der Waals surface area (Å²) in [7, 11) is -3.91.